The topological polar surface area (TPSA) is 37.4 Å². The van der Waals surface area contributed by atoms with E-state index in [1.54, 1.807) is 17.0 Å². The van der Waals surface area contributed by atoms with Gasteiger partial charge >= 0.3 is 0 Å². The molecule has 15 heavy (non-hydrogen) atoms. The third kappa shape index (κ3) is 1.54. The van der Waals surface area contributed by atoms with Crippen LogP contribution in [-0.2, 0) is 6.54 Å². The first-order valence-corrected chi connectivity index (χ1v) is 5.06. The standard InChI is InChI=1S/C12H13NO2/c1-3-13-7-10-6-9(8(2)14)4-5-11(10)12(13)15/h4-6H,3,7H2,1-2H3. The Morgan fingerprint density at radius 2 is 2.20 bits per heavy atom. The average Bonchev–Trinajstić information content (AvgIpc) is 2.55. The van der Waals surface area contributed by atoms with Gasteiger partial charge in [0.15, 0.2) is 5.78 Å². The van der Waals surface area contributed by atoms with E-state index < -0.39 is 0 Å². The van der Waals surface area contributed by atoms with E-state index >= 15 is 0 Å². The van der Waals surface area contributed by atoms with Crippen LogP contribution >= 0.6 is 0 Å². The molecule has 0 N–H and O–H groups in total. The molecule has 0 spiro atoms. The highest BCUT2D eigenvalue weighted by Crippen LogP contribution is 2.23. The Labute approximate surface area is 88.7 Å². The summed E-state index contributed by atoms with van der Waals surface area (Å²) >= 11 is 0. The summed E-state index contributed by atoms with van der Waals surface area (Å²) in [5.41, 5.74) is 2.39. The van der Waals surface area contributed by atoms with Crippen LogP contribution in [0.4, 0.5) is 0 Å². The van der Waals surface area contributed by atoms with Gasteiger partial charge in [0.05, 0.1) is 0 Å². The maximum atomic E-state index is 11.7. The number of hydrogen-bond donors (Lipinski definition) is 0. The lowest BCUT2D eigenvalue weighted by Gasteiger charge is -2.10. The minimum Gasteiger partial charge on any atom is -0.335 e. The molecule has 3 heteroatoms. The largest absolute Gasteiger partial charge is 0.335 e. The lowest BCUT2D eigenvalue weighted by molar-refractivity contribution is 0.0787. The molecule has 0 aromatic heterocycles. The number of benzene rings is 1. The van der Waals surface area contributed by atoms with Crippen molar-refractivity contribution in [3.05, 3.63) is 34.9 Å². The Morgan fingerprint density at radius 1 is 1.47 bits per heavy atom. The van der Waals surface area contributed by atoms with Crippen molar-refractivity contribution in [2.75, 3.05) is 6.54 Å². The van der Waals surface area contributed by atoms with Crippen molar-refractivity contribution in [1.29, 1.82) is 0 Å². The molecule has 0 bridgehead atoms. The predicted octanol–water partition coefficient (Wildman–Crippen LogP) is 1.86. The molecule has 0 aliphatic carbocycles. The van der Waals surface area contributed by atoms with Crippen molar-refractivity contribution in [3.63, 3.8) is 0 Å². The normalized spacial score (nSPS) is 14.3. The van der Waals surface area contributed by atoms with E-state index in [0.717, 1.165) is 11.1 Å². The summed E-state index contributed by atoms with van der Waals surface area (Å²) in [5.74, 6) is 0.114. The third-order valence-corrected chi connectivity index (χ3v) is 2.77. The molecule has 1 amide bonds. The second-order valence-electron chi connectivity index (χ2n) is 3.75. The van der Waals surface area contributed by atoms with Crippen LogP contribution in [0, 0.1) is 0 Å². The van der Waals surface area contributed by atoms with Gasteiger partial charge in [-0.15, -0.1) is 0 Å². The molecule has 78 valence electrons. The van der Waals surface area contributed by atoms with Gasteiger partial charge in [-0.25, -0.2) is 0 Å². The fourth-order valence-electron chi connectivity index (χ4n) is 1.86. The highest BCUT2D eigenvalue weighted by atomic mass is 16.2. The smallest absolute Gasteiger partial charge is 0.254 e. The van der Waals surface area contributed by atoms with Gasteiger partial charge in [0, 0.05) is 24.2 Å². The third-order valence-electron chi connectivity index (χ3n) is 2.77. The lowest BCUT2D eigenvalue weighted by atomic mass is 10.0. The number of ketones is 1. The summed E-state index contributed by atoms with van der Waals surface area (Å²) in [6.07, 6.45) is 0. The van der Waals surface area contributed by atoms with Crippen LogP contribution in [0.2, 0.25) is 0 Å². The second-order valence-corrected chi connectivity index (χ2v) is 3.75. The van der Waals surface area contributed by atoms with Gasteiger partial charge < -0.3 is 4.90 Å². The molecule has 0 saturated carbocycles. The van der Waals surface area contributed by atoms with Crippen LogP contribution in [0.5, 0.6) is 0 Å². The molecule has 0 atom stereocenters. The SMILES string of the molecule is CCN1Cc2cc(C(C)=O)ccc2C1=O. The fraction of sp³-hybridized carbons (Fsp3) is 0.333. The van der Waals surface area contributed by atoms with E-state index in [2.05, 4.69) is 0 Å². The van der Waals surface area contributed by atoms with Gasteiger partial charge in [-0.05, 0) is 31.5 Å². The molecule has 0 saturated heterocycles. The van der Waals surface area contributed by atoms with Gasteiger partial charge in [-0.1, -0.05) is 6.07 Å². The average molecular weight is 203 g/mol. The number of carbonyl (C=O) groups excluding carboxylic acids is 2. The van der Waals surface area contributed by atoms with Gasteiger partial charge in [-0.2, -0.15) is 0 Å². The number of rotatable bonds is 2. The van der Waals surface area contributed by atoms with Crippen molar-refractivity contribution in [1.82, 2.24) is 4.90 Å². The molecule has 0 unspecified atom stereocenters. The number of amides is 1. The molecular weight excluding hydrogens is 190 g/mol. The lowest BCUT2D eigenvalue weighted by Crippen LogP contribution is -2.22. The molecule has 1 aliphatic heterocycles. The number of hydrogen-bond acceptors (Lipinski definition) is 2. The van der Waals surface area contributed by atoms with Gasteiger partial charge in [-0.3, -0.25) is 9.59 Å². The molecule has 1 heterocycles. The summed E-state index contributed by atoms with van der Waals surface area (Å²) in [5, 5.41) is 0. The van der Waals surface area contributed by atoms with E-state index in [4.69, 9.17) is 0 Å². The van der Waals surface area contributed by atoms with Crippen LogP contribution in [0.25, 0.3) is 0 Å². The Balaban J connectivity index is 2.42. The van der Waals surface area contributed by atoms with Crippen molar-refractivity contribution >= 4 is 11.7 Å². The van der Waals surface area contributed by atoms with E-state index in [1.165, 1.54) is 6.92 Å². The summed E-state index contributed by atoms with van der Waals surface area (Å²) in [6, 6.07) is 5.30. The zero-order chi connectivity index (χ0) is 11.0. The van der Waals surface area contributed by atoms with E-state index in [9.17, 15) is 9.59 Å². The molecular formula is C12H13NO2. The highest BCUT2D eigenvalue weighted by Gasteiger charge is 2.26. The monoisotopic (exact) mass is 203 g/mol. The van der Waals surface area contributed by atoms with Crippen molar-refractivity contribution in [2.45, 2.75) is 20.4 Å². The van der Waals surface area contributed by atoms with E-state index in [-0.39, 0.29) is 11.7 Å². The number of nitrogens with zero attached hydrogens (tertiary/aromatic N) is 1. The van der Waals surface area contributed by atoms with E-state index in [1.807, 2.05) is 13.0 Å². The molecule has 1 aliphatic rings. The number of Topliss-reactive ketones (excluding diaryl/α,β-unsaturated/α-hetero) is 1. The first-order chi connectivity index (χ1) is 7.13. The Hall–Kier alpha value is -1.64. The number of fused-ring (bicyclic) bond motifs is 1. The zero-order valence-electron chi connectivity index (χ0n) is 8.91. The number of carbonyl (C=O) groups is 2. The highest BCUT2D eigenvalue weighted by molar-refractivity contribution is 6.01. The Kier molecular flexibility index (Phi) is 2.31. The van der Waals surface area contributed by atoms with Crippen LogP contribution in [-0.4, -0.2) is 23.1 Å². The molecule has 2 rings (SSSR count). The van der Waals surface area contributed by atoms with Crippen LogP contribution < -0.4 is 0 Å². The summed E-state index contributed by atoms with van der Waals surface area (Å²) in [6.45, 7) is 4.83. The summed E-state index contributed by atoms with van der Waals surface area (Å²) in [7, 11) is 0. The van der Waals surface area contributed by atoms with Gasteiger partial charge in [0.1, 0.15) is 0 Å². The predicted molar refractivity (Wildman–Crippen MR) is 56.9 cm³/mol. The van der Waals surface area contributed by atoms with Crippen LogP contribution in [0.1, 0.15) is 40.1 Å². The minimum atomic E-state index is 0.0418. The quantitative estimate of drug-likeness (QED) is 0.688. The molecule has 3 nitrogen and oxygen atoms in total. The first kappa shape index (κ1) is 9.90. The van der Waals surface area contributed by atoms with Gasteiger partial charge in [0.25, 0.3) is 5.91 Å². The molecule has 1 aromatic rings. The van der Waals surface area contributed by atoms with E-state index in [0.29, 0.717) is 18.7 Å². The minimum absolute atomic E-state index is 0.0418. The fourth-order valence-corrected chi connectivity index (χ4v) is 1.86. The van der Waals surface area contributed by atoms with Crippen molar-refractivity contribution in [3.8, 4) is 0 Å². The second kappa shape index (κ2) is 3.50. The molecule has 0 radical (unpaired) electrons. The van der Waals surface area contributed by atoms with Crippen LogP contribution in [0.15, 0.2) is 18.2 Å². The summed E-state index contributed by atoms with van der Waals surface area (Å²) < 4.78 is 0. The molecule has 0 fully saturated rings. The Morgan fingerprint density at radius 3 is 2.80 bits per heavy atom. The van der Waals surface area contributed by atoms with Crippen molar-refractivity contribution < 1.29 is 9.59 Å². The zero-order valence-corrected chi connectivity index (χ0v) is 8.91. The Bertz CT molecular complexity index is 437. The van der Waals surface area contributed by atoms with Crippen molar-refractivity contribution in [2.24, 2.45) is 0 Å². The first-order valence-electron chi connectivity index (χ1n) is 5.06. The maximum Gasteiger partial charge on any atom is 0.254 e. The van der Waals surface area contributed by atoms with Crippen LogP contribution in [0.3, 0.4) is 0 Å². The maximum absolute atomic E-state index is 11.7. The summed E-state index contributed by atoms with van der Waals surface area (Å²) in [4.78, 5) is 24.7. The van der Waals surface area contributed by atoms with Gasteiger partial charge in [0.2, 0.25) is 0 Å². The molecule has 1 aromatic carbocycles.